The summed E-state index contributed by atoms with van der Waals surface area (Å²) < 4.78 is 5.34. The third kappa shape index (κ3) is 2.59. The van der Waals surface area contributed by atoms with Gasteiger partial charge in [-0.2, -0.15) is 0 Å². The van der Waals surface area contributed by atoms with E-state index in [1.165, 1.54) is 19.3 Å². The predicted molar refractivity (Wildman–Crippen MR) is 52.8 cm³/mol. The summed E-state index contributed by atoms with van der Waals surface area (Å²) in [5.74, 6) is 1.65. The van der Waals surface area contributed by atoms with Crippen LogP contribution in [0.5, 0.6) is 0 Å². The molecule has 1 aromatic heterocycles. The first kappa shape index (κ1) is 8.82. The molecule has 1 unspecified atom stereocenters. The summed E-state index contributed by atoms with van der Waals surface area (Å²) in [6.07, 6.45) is 5.66. The Hall–Kier alpha value is -0.760. The lowest BCUT2D eigenvalue weighted by atomic mass is 10.1. The van der Waals surface area contributed by atoms with Crippen molar-refractivity contribution in [3.05, 3.63) is 24.2 Å². The minimum atomic E-state index is 0.543. The highest BCUT2D eigenvalue weighted by Crippen LogP contribution is 2.21. The molecule has 0 aliphatic heterocycles. The molecule has 0 aromatic carbocycles. The van der Waals surface area contributed by atoms with Crippen LogP contribution < -0.4 is 5.32 Å². The Labute approximate surface area is 79.3 Å². The molecule has 1 heterocycles. The van der Waals surface area contributed by atoms with E-state index in [0.29, 0.717) is 5.92 Å². The van der Waals surface area contributed by atoms with Crippen LogP contribution >= 0.6 is 0 Å². The molecule has 1 fully saturated rings. The van der Waals surface area contributed by atoms with Gasteiger partial charge in [0.15, 0.2) is 0 Å². The van der Waals surface area contributed by atoms with Crippen LogP contribution in [0.25, 0.3) is 0 Å². The summed E-state index contributed by atoms with van der Waals surface area (Å²) >= 11 is 0. The zero-order valence-electron chi connectivity index (χ0n) is 8.12. The van der Waals surface area contributed by atoms with Crippen molar-refractivity contribution in [2.24, 2.45) is 0 Å². The third-order valence-electron chi connectivity index (χ3n) is 2.62. The van der Waals surface area contributed by atoms with Crippen molar-refractivity contribution < 1.29 is 4.42 Å². The Bertz CT molecular complexity index is 239. The molecular weight excluding hydrogens is 162 g/mol. The zero-order chi connectivity index (χ0) is 9.10. The molecule has 2 rings (SSSR count). The highest BCUT2D eigenvalue weighted by Gasteiger charge is 2.20. The second-order valence-corrected chi connectivity index (χ2v) is 3.93. The second-order valence-electron chi connectivity index (χ2n) is 3.93. The average Bonchev–Trinajstić information content (AvgIpc) is 2.80. The summed E-state index contributed by atoms with van der Waals surface area (Å²) in [6.45, 7) is 3.33. The number of hydrogen-bond acceptors (Lipinski definition) is 2. The first-order valence-electron chi connectivity index (χ1n) is 5.13. The van der Waals surface area contributed by atoms with Gasteiger partial charge in [-0.05, 0) is 37.9 Å². The number of hydrogen-bond donors (Lipinski definition) is 1. The molecule has 1 aromatic rings. The van der Waals surface area contributed by atoms with Crippen molar-refractivity contribution in [2.45, 2.75) is 38.1 Å². The average molecular weight is 179 g/mol. The van der Waals surface area contributed by atoms with Gasteiger partial charge in [-0.1, -0.05) is 6.92 Å². The van der Waals surface area contributed by atoms with Crippen LogP contribution in [-0.4, -0.2) is 12.6 Å². The predicted octanol–water partition coefficient (Wildman–Crippen LogP) is 2.53. The maximum absolute atomic E-state index is 5.34. The van der Waals surface area contributed by atoms with Gasteiger partial charge in [-0.25, -0.2) is 0 Å². The fourth-order valence-corrected chi connectivity index (χ4v) is 1.51. The summed E-state index contributed by atoms with van der Waals surface area (Å²) in [6, 6.07) is 4.84. The normalized spacial score (nSPS) is 18.8. The second kappa shape index (κ2) is 3.97. The van der Waals surface area contributed by atoms with Crippen LogP contribution in [0.2, 0.25) is 0 Å². The molecule has 1 aliphatic carbocycles. The molecule has 0 amide bonds. The summed E-state index contributed by atoms with van der Waals surface area (Å²) in [5.41, 5.74) is 0. The molecular formula is C11H17NO. The quantitative estimate of drug-likeness (QED) is 0.751. The molecule has 1 aliphatic rings. The van der Waals surface area contributed by atoms with Gasteiger partial charge in [-0.3, -0.25) is 0 Å². The van der Waals surface area contributed by atoms with Gasteiger partial charge in [0.05, 0.1) is 6.26 Å². The van der Waals surface area contributed by atoms with Gasteiger partial charge in [0.2, 0.25) is 0 Å². The third-order valence-corrected chi connectivity index (χ3v) is 2.62. The van der Waals surface area contributed by atoms with E-state index in [1.807, 2.05) is 6.07 Å². The van der Waals surface area contributed by atoms with E-state index in [-0.39, 0.29) is 0 Å². The largest absolute Gasteiger partial charge is 0.469 e. The topological polar surface area (TPSA) is 25.2 Å². The lowest BCUT2D eigenvalue weighted by molar-refractivity contribution is 0.453. The maximum atomic E-state index is 5.34. The van der Waals surface area contributed by atoms with Crippen molar-refractivity contribution in [3.63, 3.8) is 0 Å². The Morgan fingerprint density at radius 3 is 3.08 bits per heavy atom. The molecule has 1 N–H and O–H groups in total. The zero-order valence-corrected chi connectivity index (χ0v) is 8.12. The molecule has 0 radical (unpaired) electrons. The highest BCUT2D eigenvalue weighted by atomic mass is 16.3. The Morgan fingerprint density at radius 2 is 2.46 bits per heavy atom. The lowest BCUT2D eigenvalue weighted by Crippen LogP contribution is -2.18. The van der Waals surface area contributed by atoms with Gasteiger partial charge in [0, 0.05) is 12.0 Å². The number of rotatable bonds is 5. The van der Waals surface area contributed by atoms with Crippen molar-refractivity contribution in [3.8, 4) is 0 Å². The maximum Gasteiger partial charge on any atom is 0.106 e. The summed E-state index contributed by atoms with van der Waals surface area (Å²) in [4.78, 5) is 0. The van der Waals surface area contributed by atoms with E-state index in [2.05, 4.69) is 18.3 Å². The fourth-order valence-electron chi connectivity index (χ4n) is 1.51. The fraction of sp³-hybridized carbons (Fsp3) is 0.636. The van der Waals surface area contributed by atoms with Crippen molar-refractivity contribution in [2.75, 3.05) is 6.54 Å². The monoisotopic (exact) mass is 179 g/mol. The van der Waals surface area contributed by atoms with E-state index in [1.54, 1.807) is 6.26 Å². The van der Waals surface area contributed by atoms with Gasteiger partial charge >= 0.3 is 0 Å². The standard InChI is InChI=1S/C11H17NO/c1-9(11-3-2-8-13-11)6-7-12-10-4-5-10/h2-3,8-10,12H,4-7H2,1H3. The SMILES string of the molecule is CC(CCNC1CC1)c1ccco1. The highest BCUT2D eigenvalue weighted by molar-refractivity contribution is 5.03. The number of furan rings is 1. The van der Waals surface area contributed by atoms with Crippen LogP contribution in [0.4, 0.5) is 0 Å². The molecule has 13 heavy (non-hydrogen) atoms. The van der Waals surface area contributed by atoms with Gasteiger partial charge < -0.3 is 9.73 Å². The molecule has 0 saturated heterocycles. The molecule has 0 bridgehead atoms. The molecule has 1 saturated carbocycles. The van der Waals surface area contributed by atoms with E-state index >= 15 is 0 Å². The summed E-state index contributed by atoms with van der Waals surface area (Å²) in [7, 11) is 0. The van der Waals surface area contributed by atoms with E-state index < -0.39 is 0 Å². The Balaban J connectivity index is 1.68. The first-order valence-corrected chi connectivity index (χ1v) is 5.13. The van der Waals surface area contributed by atoms with Gasteiger partial charge in [-0.15, -0.1) is 0 Å². The van der Waals surface area contributed by atoms with E-state index in [9.17, 15) is 0 Å². The lowest BCUT2D eigenvalue weighted by Gasteiger charge is -2.08. The minimum Gasteiger partial charge on any atom is -0.469 e. The molecule has 1 atom stereocenters. The Kier molecular flexibility index (Phi) is 2.69. The van der Waals surface area contributed by atoms with Crippen LogP contribution in [0.15, 0.2) is 22.8 Å². The van der Waals surface area contributed by atoms with Crippen molar-refractivity contribution in [1.82, 2.24) is 5.32 Å². The van der Waals surface area contributed by atoms with E-state index in [4.69, 9.17) is 4.42 Å². The smallest absolute Gasteiger partial charge is 0.106 e. The first-order chi connectivity index (χ1) is 6.36. The van der Waals surface area contributed by atoms with Crippen molar-refractivity contribution >= 4 is 0 Å². The van der Waals surface area contributed by atoms with Gasteiger partial charge in [0.1, 0.15) is 5.76 Å². The van der Waals surface area contributed by atoms with Crippen LogP contribution in [0.1, 0.15) is 37.9 Å². The van der Waals surface area contributed by atoms with Crippen LogP contribution in [0.3, 0.4) is 0 Å². The molecule has 2 nitrogen and oxygen atoms in total. The van der Waals surface area contributed by atoms with Crippen LogP contribution in [-0.2, 0) is 0 Å². The molecule has 2 heteroatoms. The minimum absolute atomic E-state index is 0.543. The van der Waals surface area contributed by atoms with Crippen LogP contribution in [0, 0.1) is 0 Å². The van der Waals surface area contributed by atoms with E-state index in [0.717, 1.165) is 18.3 Å². The molecule has 0 spiro atoms. The number of nitrogens with one attached hydrogen (secondary N) is 1. The summed E-state index contributed by atoms with van der Waals surface area (Å²) in [5, 5.41) is 3.51. The molecule has 72 valence electrons. The Morgan fingerprint density at radius 1 is 1.62 bits per heavy atom. The van der Waals surface area contributed by atoms with Crippen molar-refractivity contribution in [1.29, 1.82) is 0 Å². The van der Waals surface area contributed by atoms with Gasteiger partial charge in [0.25, 0.3) is 0 Å².